The summed E-state index contributed by atoms with van der Waals surface area (Å²) in [4.78, 5) is 50.8. The number of nitrogens with one attached hydrogen (secondary N) is 2. The lowest BCUT2D eigenvalue weighted by atomic mass is 10.0. The second-order valence-corrected chi connectivity index (χ2v) is 10.7. The van der Waals surface area contributed by atoms with E-state index in [-0.39, 0.29) is 18.0 Å². The van der Waals surface area contributed by atoms with Crippen LogP contribution >= 0.6 is 0 Å². The molecule has 11 nitrogen and oxygen atoms in total. The third-order valence-electron chi connectivity index (χ3n) is 8.00. The van der Waals surface area contributed by atoms with Crippen molar-refractivity contribution in [1.82, 2.24) is 24.7 Å². The molecule has 1 aromatic heterocycles. The Morgan fingerprint density at radius 2 is 1.77 bits per heavy atom. The molecule has 0 bridgehead atoms. The second kappa shape index (κ2) is 12.0. The Bertz CT molecular complexity index is 1310. The quantitative estimate of drug-likeness (QED) is 0.463. The normalized spacial score (nSPS) is 22.4. The molecule has 0 saturated carbocycles. The van der Waals surface area contributed by atoms with Crippen molar-refractivity contribution < 1.29 is 32.7 Å². The van der Waals surface area contributed by atoms with Crippen molar-refractivity contribution in [3.8, 4) is 0 Å². The van der Waals surface area contributed by atoms with Crippen LogP contribution < -0.4 is 21.2 Å². The van der Waals surface area contributed by atoms with Crippen LogP contribution in [0.3, 0.4) is 0 Å². The van der Waals surface area contributed by atoms with Gasteiger partial charge in [-0.2, -0.15) is 13.2 Å². The van der Waals surface area contributed by atoms with Gasteiger partial charge in [-0.05, 0) is 69.9 Å². The fraction of sp³-hybridized carbons (Fsp3) is 0.615. The van der Waals surface area contributed by atoms with E-state index >= 15 is 0 Å². The molecular weight excluding hydrogens is 533 g/mol. The number of halogens is 3. The smallest absolute Gasteiger partial charge is 0.475 e. The highest BCUT2D eigenvalue weighted by Crippen LogP contribution is 2.29. The number of carboxylic acids is 1. The van der Waals surface area contributed by atoms with Gasteiger partial charge in [0, 0.05) is 44.8 Å². The standard InChI is InChI=1S/C24H34N6O3.C2HF3O2/c1-27(15-16-7-10-25-14-16)17-8-11-29(12-9-17)18-3-4-19-21(13-18)28(2)24(33)30(19)20-5-6-22(31)26-23(20)32;3-2(4,5)1(6)7/h3-4,13,16-17,20,25H,5-12,14-15H2,1-2H3,(H,26,31,32);(H,6,7)/t16-,20?;/m0./s1. The van der Waals surface area contributed by atoms with E-state index in [4.69, 9.17) is 9.90 Å². The predicted molar refractivity (Wildman–Crippen MR) is 141 cm³/mol. The molecule has 0 aliphatic carbocycles. The van der Waals surface area contributed by atoms with Gasteiger partial charge in [-0.25, -0.2) is 9.59 Å². The van der Waals surface area contributed by atoms with Gasteiger partial charge in [0.1, 0.15) is 6.04 Å². The summed E-state index contributed by atoms with van der Waals surface area (Å²) in [5.74, 6) is -2.66. The van der Waals surface area contributed by atoms with E-state index in [1.54, 1.807) is 16.2 Å². The van der Waals surface area contributed by atoms with Crippen LogP contribution in [0, 0.1) is 5.92 Å². The van der Waals surface area contributed by atoms with Gasteiger partial charge in [-0.1, -0.05) is 0 Å². The minimum absolute atomic E-state index is 0.224. The first-order chi connectivity index (χ1) is 18.9. The third-order valence-corrected chi connectivity index (χ3v) is 8.00. The maximum atomic E-state index is 13.0. The molecule has 1 unspecified atom stereocenters. The molecule has 0 radical (unpaired) electrons. The number of piperidine rings is 2. The van der Waals surface area contributed by atoms with Crippen LogP contribution in [0.5, 0.6) is 0 Å². The number of hydrogen-bond acceptors (Lipinski definition) is 7. The number of amides is 2. The number of imidazole rings is 1. The van der Waals surface area contributed by atoms with Gasteiger partial charge in [0.15, 0.2) is 0 Å². The van der Waals surface area contributed by atoms with E-state index in [0.29, 0.717) is 12.5 Å². The van der Waals surface area contributed by atoms with E-state index in [2.05, 4.69) is 39.6 Å². The number of aromatic nitrogens is 2. The van der Waals surface area contributed by atoms with E-state index in [1.165, 1.54) is 13.0 Å². The Kier molecular flexibility index (Phi) is 8.88. The van der Waals surface area contributed by atoms with E-state index < -0.39 is 24.1 Å². The molecule has 5 rings (SSSR count). The molecule has 220 valence electrons. The Morgan fingerprint density at radius 3 is 2.35 bits per heavy atom. The highest BCUT2D eigenvalue weighted by atomic mass is 19.4. The molecule has 2 aromatic rings. The molecule has 0 spiro atoms. The molecule has 3 saturated heterocycles. The summed E-state index contributed by atoms with van der Waals surface area (Å²) in [7, 11) is 4.01. The minimum atomic E-state index is -5.08. The number of carbonyl (C=O) groups excluding carboxylic acids is 2. The summed E-state index contributed by atoms with van der Waals surface area (Å²) in [5, 5.41) is 13.0. The average molecular weight is 569 g/mol. The third kappa shape index (κ3) is 6.49. The average Bonchev–Trinajstić information content (AvgIpc) is 3.50. The maximum absolute atomic E-state index is 13.0. The lowest BCUT2D eigenvalue weighted by Crippen LogP contribution is -2.45. The lowest BCUT2D eigenvalue weighted by Gasteiger charge is -2.38. The van der Waals surface area contributed by atoms with Crippen LogP contribution in [-0.2, 0) is 21.4 Å². The number of rotatable bonds is 5. The number of carboxylic acid groups (broad SMARTS) is 1. The van der Waals surface area contributed by atoms with Crippen molar-refractivity contribution in [2.45, 2.75) is 50.4 Å². The molecule has 3 aliphatic rings. The first-order valence-corrected chi connectivity index (χ1v) is 13.4. The van der Waals surface area contributed by atoms with Crippen molar-refractivity contribution in [3.63, 3.8) is 0 Å². The fourth-order valence-corrected chi connectivity index (χ4v) is 5.77. The van der Waals surface area contributed by atoms with Crippen LogP contribution in [0.1, 0.15) is 38.1 Å². The first-order valence-electron chi connectivity index (χ1n) is 13.4. The van der Waals surface area contributed by atoms with Crippen LogP contribution in [-0.4, -0.2) is 88.9 Å². The van der Waals surface area contributed by atoms with Crippen molar-refractivity contribution in [2.24, 2.45) is 13.0 Å². The zero-order valence-electron chi connectivity index (χ0n) is 22.5. The summed E-state index contributed by atoms with van der Waals surface area (Å²) in [6.45, 7) is 5.43. The number of imide groups is 1. The number of fused-ring (bicyclic) bond motifs is 1. The van der Waals surface area contributed by atoms with Crippen LogP contribution in [0.25, 0.3) is 11.0 Å². The Morgan fingerprint density at radius 1 is 1.10 bits per heavy atom. The van der Waals surface area contributed by atoms with Crippen LogP contribution in [0.4, 0.5) is 18.9 Å². The van der Waals surface area contributed by atoms with Gasteiger partial charge in [-0.3, -0.25) is 24.0 Å². The maximum Gasteiger partial charge on any atom is 0.490 e. The summed E-state index contributed by atoms with van der Waals surface area (Å²) in [6.07, 6.45) is -0.947. The molecule has 14 heteroatoms. The molecule has 3 N–H and O–H groups in total. The molecule has 40 heavy (non-hydrogen) atoms. The molecule has 4 heterocycles. The first kappa shape index (κ1) is 29.6. The number of aliphatic carboxylic acids is 1. The Labute approximate surface area is 228 Å². The number of alkyl halides is 3. The van der Waals surface area contributed by atoms with Gasteiger partial charge in [0.25, 0.3) is 0 Å². The molecular formula is C26H35F3N6O5. The van der Waals surface area contributed by atoms with Crippen molar-refractivity contribution in [3.05, 3.63) is 28.7 Å². The van der Waals surface area contributed by atoms with Gasteiger partial charge in [0.2, 0.25) is 11.8 Å². The van der Waals surface area contributed by atoms with Crippen LogP contribution in [0.15, 0.2) is 23.0 Å². The minimum Gasteiger partial charge on any atom is -0.475 e. The van der Waals surface area contributed by atoms with Gasteiger partial charge >= 0.3 is 17.8 Å². The molecule has 1 aromatic carbocycles. The monoisotopic (exact) mass is 568 g/mol. The largest absolute Gasteiger partial charge is 0.490 e. The van der Waals surface area contributed by atoms with Gasteiger partial charge in [-0.15, -0.1) is 0 Å². The highest BCUT2D eigenvalue weighted by Gasteiger charge is 2.38. The zero-order chi connectivity index (χ0) is 29.2. The van der Waals surface area contributed by atoms with E-state index in [9.17, 15) is 27.6 Å². The topological polar surface area (TPSA) is 129 Å². The number of hydrogen-bond donors (Lipinski definition) is 3. The molecule has 3 aliphatic heterocycles. The Hall–Kier alpha value is -3.39. The summed E-state index contributed by atoms with van der Waals surface area (Å²) < 4.78 is 34.9. The SMILES string of the molecule is CN(C[C@H]1CCNC1)C1CCN(c2ccc3c(c2)n(C)c(=O)n3C2CCC(=O)NC2=O)CC1.O=C(O)C(F)(F)F. The highest BCUT2D eigenvalue weighted by molar-refractivity contribution is 6.00. The summed E-state index contributed by atoms with van der Waals surface area (Å²) in [5.41, 5.74) is 2.44. The predicted octanol–water partition coefficient (Wildman–Crippen LogP) is 1.46. The molecule has 2 atom stereocenters. The zero-order valence-corrected chi connectivity index (χ0v) is 22.5. The number of anilines is 1. The fourth-order valence-electron chi connectivity index (χ4n) is 5.77. The number of carbonyl (C=O) groups is 3. The van der Waals surface area contributed by atoms with Crippen LogP contribution in [0.2, 0.25) is 0 Å². The summed E-state index contributed by atoms with van der Waals surface area (Å²) in [6, 6.07) is 6.03. The van der Waals surface area contributed by atoms with Crippen molar-refractivity contribution in [1.29, 1.82) is 0 Å². The van der Waals surface area contributed by atoms with Crippen molar-refractivity contribution >= 4 is 34.5 Å². The number of benzene rings is 1. The lowest BCUT2D eigenvalue weighted by molar-refractivity contribution is -0.192. The molecule has 2 amide bonds. The second-order valence-electron chi connectivity index (χ2n) is 10.7. The van der Waals surface area contributed by atoms with E-state index in [0.717, 1.165) is 61.7 Å². The number of nitrogens with zero attached hydrogens (tertiary/aromatic N) is 4. The van der Waals surface area contributed by atoms with E-state index in [1.807, 2.05) is 6.07 Å². The Balaban J connectivity index is 0.000000470. The van der Waals surface area contributed by atoms with Gasteiger partial charge < -0.3 is 20.2 Å². The molecule has 3 fully saturated rings. The number of aryl methyl sites for hydroxylation is 1. The van der Waals surface area contributed by atoms with Gasteiger partial charge in [0.05, 0.1) is 11.0 Å². The summed E-state index contributed by atoms with van der Waals surface area (Å²) >= 11 is 0. The van der Waals surface area contributed by atoms with Crippen molar-refractivity contribution in [2.75, 3.05) is 44.7 Å².